The zero-order chi connectivity index (χ0) is 21.9. The van der Waals surface area contributed by atoms with E-state index in [1.54, 1.807) is 23.7 Å². The lowest BCUT2D eigenvalue weighted by Crippen LogP contribution is -2.06. The molecule has 5 rings (SSSR count). The molecule has 0 saturated carbocycles. The van der Waals surface area contributed by atoms with Gasteiger partial charge in [-0.25, -0.2) is 9.97 Å². The van der Waals surface area contributed by atoms with E-state index in [2.05, 4.69) is 45.1 Å². The van der Waals surface area contributed by atoms with Crippen LogP contribution in [0.25, 0.3) is 32.7 Å². The van der Waals surface area contributed by atoms with E-state index in [9.17, 15) is 0 Å². The van der Waals surface area contributed by atoms with Crippen LogP contribution in [0.2, 0.25) is 0 Å². The highest BCUT2D eigenvalue weighted by Gasteiger charge is 2.20. The third kappa shape index (κ3) is 3.99. The highest BCUT2D eigenvalue weighted by molar-refractivity contribution is 7.18. The van der Waals surface area contributed by atoms with E-state index in [0.29, 0.717) is 5.82 Å². The topological polar surface area (TPSA) is 76.7 Å². The van der Waals surface area contributed by atoms with Gasteiger partial charge in [-0.15, -0.1) is 11.3 Å². The number of nitrogens with zero attached hydrogens (tertiary/aromatic N) is 4. The molecule has 0 fully saturated rings. The first-order valence-corrected chi connectivity index (χ1v) is 11.5. The molecule has 0 radical (unpaired) electrons. The summed E-state index contributed by atoms with van der Waals surface area (Å²) in [5, 5.41) is 9.82. The van der Waals surface area contributed by atoms with Gasteiger partial charge in [-0.3, -0.25) is 4.98 Å². The van der Waals surface area contributed by atoms with E-state index in [1.807, 2.05) is 32.0 Å². The number of pyridine rings is 1. The molecule has 4 heterocycles. The van der Waals surface area contributed by atoms with Crippen LogP contribution in [0, 0.1) is 13.8 Å². The van der Waals surface area contributed by atoms with Crippen LogP contribution in [0.15, 0.2) is 64.8 Å². The van der Waals surface area contributed by atoms with Gasteiger partial charge in [0.25, 0.3) is 0 Å². The molecule has 0 bridgehead atoms. The molecule has 0 aliphatic rings. The second-order valence-electron chi connectivity index (χ2n) is 7.67. The van der Waals surface area contributed by atoms with E-state index in [4.69, 9.17) is 14.5 Å². The summed E-state index contributed by atoms with van der Waals surface area (Å²) in [4.78, 5) is 13.9. The molecule has 0 atom stereocenters. The lowest BCUT2D eigenvalue weighted by atomic mass is 10.1. The Morgan fingerprint density at radius 3 is 2.56 bits per heavy atom. The Hall–Kier alpha value is -3.58. The summed E-state index contributed by atoms with van der Waals surface area (Å²) in [6, 6.07) is 14.4. The first-order chi connectivity index (χ1) is 15.7. The predicted octanol–water partition coefficient (Wildman–Crippen LogP) is 6.07. The predicted molar refractivity (Wildman–Crippen MR) is 129 cm³/mol. The van der Waals surface area contributed by atoms with Crippen LogP contribution < -0.4 is 5.32 Å². The van der Waals surface area contributed by atoms with Gasteiger partial charge in [0.1, 0.15) is 11.6 Å². The minimum atomic E-state index is 0.678. The van der Waals surface area contributed by atoms with Crippen molar-refractivity contribution >= 4 is 27.4 Å². The first kappa shape index (κ1) is 20.3. The highest BCUT2D eigenvalue weighted by atomic mass is 32.1. The maximum absolute atomic E-state index is 5.42. The lowest BCUT2D eigenvalue weighted by Gasteiger charge is -2.10. The van der Waals surface area contributed by atoms with Crippen LogP contribution in [0.1, 0.15) is 23.4 Å². The third-order valence-corrected chi connectivity index (χ3v) is 6.41. The maximum atomic E-state index is 5.42. The summed E-state index contributed by atoms with van der Waals surface area (Å²) in [6.07, 6.45) is 5.56. The zero-order valence-electron chi connectivity index (χ0n) is 18.0. The van der Waals surface area contributed by atoms with E-state index in [0.717, 1.165) is 63.6 Å². The van der Waals surface area contributed by atoms with Crippen molar-refractivity contribution in [2.75, 3.05) is 11.9 Å². The maximum Gasteiger partial charge on any atom is 0.162 e. The van der Waals surface area contributed by atoms with Crippen molar-refractivity contribution in [2.24, 2.45) is 0 Å². The summed E-state index contributed by atoms with van der Waals surface area (Å²) in [5.41, 5.74) is 6.10. The van der Waals surface area contributed by atoms with Crippen molar-refractivity contribution in [3.63, 3.8) is 0 Å². The fourth-order valence-electron chi connectivity index (χ4n) is 3.86. The Bertz CT molecular complexity index is 1330. The Labute approximate surface area is 190 Å². The molecule has 0 saturated heterocycles. The number of anilines is 1. The summed E-state index contributed by atoms with van der Waals surface area (Å²) < 4.78 is 6.46. The molecule has 7 heteroatoms. The smallest absolute Gasteiger partial charge is 0.162 e. The largest absolute Gasteiger partial charge is 0.369 e. The van der Waals surface area contributed by atoms with Crippen molar-refractivity contribution in [1.82, 2.24) is 20.1 Å². The van der Waals surface area contributed by atoms with Crippen LogP contribution in [0.5, 0.6) is 0 Å². The van der Waals surface area contributed by atoms with E-state index >= 15 is 0 Å². The Kier molecular flexibility index (Phi) is 5.64. The molecule has 32 heavy (non-hydrogen) atoms. The molecule has 0 aliphatic carbocycles. The van der Waals surface area contributed by atoms with Gasteiger partial charge >= 0.3 is 0 Å². The summed E-state index contributed by atoms with van der Waals surface area (Å²) in [5.74, 6) is 2.33. The Morgan fingerprint density at radius 1 is 1.00 bits per heavy atom. The average molecular weight is 442 g/mol. The van der Waals surface area contributed by atoms with Crippen LogP contribution in [-0.4, -0.2) is 26.7 Å². The Balaban J connectivity index is 1.51. The number of thiophene rings is 1. The molecule has 1 aromatic carbocycles. The van der Waals surface area contributed by atoms with Crippen molar-refractivity contribution in [3.05, 3.63) is 77.3 Å². The zero-order valence-corrected chi connectivity index (χ0v) is 18.8. The minimum absolute atomic E-state index is 0.678. The number of fused-ring (bicyclic) bond motifs is 1. The summed E-state index contributed by atoms with van der Waals surface area (Å²) >= 11 is 1.65. The second kappa shape index (κ2) is 8.88. The van der Waals surface area contributed by atoms with Crippen molar-refractivity contribution in [3.8, 4) is 22.5 Å². The fraction of sp³-hybridized carbons (Fsp3) is 0.200. The van der Waals surface area contributed by atoms with Gasteiger partial charge < -0.3 is 9.84 Å². The molecule has 5 aromatic rings. The van der Waals surface area contributed by atoms with Gasteiger partial charge in [0.2, 0.25) is 0 Å². The summed E-state index contributed by atoms with van der Waals surface area (Å²) in [6.45, 7) is 4.73. The molecular weight excluding hydrogens is 418 g/mol. The van der Waals surface area contributed by atoms with Gasteiger partial charge in [-0.1, -0.05) is 35.5 Å². The van der Waals surface area contributed by atoms with Crippen LogP contribution in [0.4, 0.5) is 5.82 Å². The SMILES string of the molecule is Cc1noc(C)c1-c1csc2c(NCCCc3ccccc3)nc(-c3ccncc3)nc12. The standard InChI is InChI=1S/C25H23N5OS/c1-16-21(17(2)31-30-16)20-15-32-23-22(20)28-24(19-10-13-26-14-11-19)29-25(23)27-12-6-9-18-7-4-3-5-8-18/h3-5,7-8,10-11,13-15H,6,9,12H2,1-2H3,(H,27,28,29). The first-order valence-electron chi connectivity index (χ1n) is 10.6. The van der Waals surface area contributed by atoms with Gasteiger partial charge in [0, 0.05) is 35.4 Å². The third-order valence-electron chi connectivity index (χ3n) is 5.43. The number of rotatable bonds is 7. The normalized spacial score (nSPS) is 11.2. The average Bonchev–Trinajstić information content (AvgIpc) is 3.40. The quantitative estimate of drug-likeness (QED) is 0.309. The Morgan fingerprint density at radius 2 is 1.81 bits per heavy atom. The minimum Gasteiger partial charge on any atom is -0.369 e. The number of benzene rings is 1. The molecule has 0 unspecified atom stereocenters. The van der Waals surface area contributed by atoms with E-state index in [1.165, 1.54) is 5.56 Å². The number of nitrogens with one attached hydrogen (secondary N) is 1. The van der Waals surface area contributed by atoms with E-state index in [-0.39, 0.29) is 0 Å². The molecule has 6 nitrogen and oxygen atoms in total. The van der Waals surface area contributed by atoms with Gasteiger partial charge in [-0.05, 0) is 44.4 Å². The number of hydrogen-bond donors (Lipinski definition) is 1. The van der Waals surface area contributed by atoms with Crippen molar-refractivity contribution < 1.29 is 4.52 Å². The van der Waals surface area contributed by atoms with Crippen LogP contribution >= 0.6 is 11.3 Å². The molecule has 0 aliphatic heterocycles. The molecule has 1 N–H and O–H groups in total. The fourth-order valence-corrected chi connectivity index (χ4v) is 4.82. The second-order valence-corrected chi connectivity index (χ2v) is 8.55. The van der Waals surface area contributed by atoms with Crippen molar-refractivity contribution in [1.29, 1.82) is 0 Å². The van der Waals surface area contributed by atoms with E-state index < -0.39 is 0 Å². The van der Waals surface area contributed by atoms with Gasteiger partial charge in [0.15, 0.2) is 5.82 Å². The lowest BCUT2D eigenvalue weighted by molar-refractivity contribution is 0.393. The summed E-state index contributed by atoms with van der Waals surface area (Å²) in [7, 11) is 0. The van der Waals surface area contributed by atoms with Crippen molar-refractivity contribution in [2.45, 2.75) is 26.7 Å². The van der Waals surface area contributed by atoms with Crippen LogP contribution in [0.3, 0.4) is 0 Å². The number of aryl methyl sites for hydroxylation is 3. The molecule has 160 valence electrons. The van der Waals surface area contributed by atoms with Gasteiger partial charge in [0.05, 0.1) is 21.5 Å². The highest BCUT2D eigenvalue weighted by Crippen LogP contribution is 2.39. The molecule has 4 aromatic heterocycles. The number of hydrogen-bond acceptors (Lipinski definition) is 7. The van der Waals surface area contributed by atoms with Crippen LogP contribution in [-0.2, 0) is 6.42 Å². The molecule has 0 amide bonds. The molecular formula is C25H23N5OS. The molecule has 0 spiro atoms. The number of aromatic nitrogens is 4. The van der Waals surface area contributed by atoms with Gasteiger partial charge in [-0.2, -0.15) is 0 Å². The monoisotopic (exact) mass is 441 g/mol.